The van der Waals surface area contributed by atoms with E-state index in [1.165, 1.54) is 22.4 Å². The van der Waals surface area contributed by atoms with Crippen LogP contribution in [0.4, 0.5) is 0 Å². The maximum Gasteiger partial charge on any atom is 0.309 e. The quantitative estimate of drug-likeness (QED) is 0.494. The SMILES string of the molecule is C=CC[C@H](c1ccc(-c2ccccc2)s1)[C@@H](C(=O)OC)C(C)C. The maximum atomic E-state index is 12.3. The summed E-state index contributed by atoms with van der Waals surface area (Å²) in [5, 5.41) is 0. The molecule has 1 heterocycles. The van der Waals surface area contributed by atoms with Crippen LogP contribution in [0.3, 0.4) is 0 Å². The number of thiophene rings is 1. The predicted molar refractivity (Wildman–Crippen MR) is 97.7 cm³/mol. The normalized spacial score (nSPS) is 13.6. The number of esters is 1. The van der Waals surface area contributed by atoms with Gasteiger partial charge >= 0.3 is 5.97 Å². The van der Waals surface area contributed by atoms with Crippen molar-refractivity contribution < 1.29 is 9.53 Å². The van der Waals surface area contributed by atoms with Gasteiger partial charge in [0.15, 0.2) is 0 Å². The molecule has 2 rings (SSSR count). The van der Waals surface area contributed by atoms with Crippen molar-refractivity contribution in [3.8, 4) is 10.4 Å². The number of hydrogen-bond acceptors (Lipinski definition) is 3. The van der Waals surface area contributed by atoms with Gasteiger partial charge in [0.05, 0.1) is 13.0 Å². The number of allylic oxidation sites excluding steroid dienone is 1. The Morgan fingerprint density at radius 1 is 1.22 bits per heavy atom. The van der Waals surface area contributed by atoms with Crippen molar-refractivity contribution in [2.24, 2.45) is 11.8 Å². The minimum absolute atomic E-state index is 0.113. The van der Waals surface area contributed by atoms with Gasteiger partial charge in [0.2, 0.25) is 0 Å². The number of carbonyl (C=O) groups is 1. The molecule has 0 aliphatic heterocycles. The van der Waals surface area contributed by atoms with Crippen LogP contribution < -0.4 is 0 Å². The molecule has 0 amide bonds. The lowest BCUT2D eigenvalue weighted by Crippen LogP contribution is -2.27. The monoisotopic (exact) mass is 328 g/mol. The minimum atomic E-state index is -0.153. The molecule has 23 heavy (non-hydrogen) atoms. The highest BCUT2D eigenvalue weighted by atomic mass is 32.1. The van der Waals surface area contributed by atoms with Crippen LogP contribution in [0, 0.1) is 11.8 Å². The molecule has 0 saturated heterocycles. The third kappa shape index (κ3) is 4.11. The molecule has 0 aliphatic rings. The molecule has 0 aliphatic carbocycles. The summed E-state index contributed by atoms with van der Waals surface area (Å²) in [6.07, 6.45) is 2.66. The highest BCUT2D eigenvalue weighted by molar-refractivity contribution is 7.15. The van der Waals surface area contributed by atoms with Gasteiger partial charge in [0.25, 0.3) is 0 Å². The number of ether oxygens (including phenoxy) is 1. The van der Waals surface area contributed by atoms with Gasteiger partial charge in [-0.05, 0) is 30.0 Å². The third-order valence-electron chi connectivity index (χ3n) is 4.10. The Morgan fingerprint density at radius 2 is 1.91 bits per heavy atom. The van der Waals surface area contributed by atoms with Gasteiger partial charge in [-0.2, -0.15) is 0 Å². The summed E-state index contributed by atoms with van der Waals surface area (Å²) < 4.78 is 5.05. The first kappa shape index (κ1) is 17.5. The van der Waals surface area contributed by atoms with Gasteiger partial charge in [0, 0.05) is 15.7 Å². The van der Waals surface area contributed by atoms with Crippen molar-refractivity contribution in [2.45, 2.75) is 26.2 Å². The van der Waals surface area contributed by atoms with E-state index in [4.69, 9.17) is 4.74 Å². The van der Waals surface area contributed by atoms with E-state index in [1.807, 2.05) is 24.3 Å². The first-order valence-corrected chi connectivity index (χ1v) is 8.74. The average Bonchev–Trinajstić information content (AvgIpc) is 3.04. The second kappa shape index (κ2) is 8.11. The summed E-state index contributed by atoms with van der Waals surface area (Å²) in [7, 11) is 1.46. The number of methoxy groups -OCH3 is 1. The van der Waals surface area contributed by atoms with Crippen LogP contribution in [-0.4, -0.2) is 13.1 Å². The summed E-state index contributed by atoms with van der Waals surface area (Å²) in [5.41, 5.74) is 1.21. The fourth-order valence-corrected chi connectivity index (χ4v) is 4.14. The zero-order valence-electron chi connectivity index (χ0n) is 14.0. The highest BCUT2D eigenvalue weighted by Crippen LogP contribution is 2.40. The lowest BCUT2D eigenvalue weighted by molar-refractivity contribution is -0.147. The molecule has 0 fully saturated rings. The zero-order chi connectivity index (χ0) is 16.8. The Morgan fingerprint density at radius 3 is 2.48 bits per heavy atom. The molecule has 2 nitrogen and oxygen atoms in total. The Bertz CT molecular complexity index is 643. The van der Waals surface area contributed by atoms with Crippen LogP contribution in [-0.2, 0) is 9.53 Å². The Labute approximate surface area is 142 Å². The molecule has 0 spiro atoms. The van der Waals surface area contributed by atoms with Crippen molar-refractivity contribution in [2.75, 3.05) is 7.11 Å². The zero-order valence-corrected chi connectivity index (χ0v) is 14.8. The molecule has 0 N–H and O–H groups in total. The smallest absolute Gasteiger partial charge is 0.309 e. The van der Waals surface area contributed by atoms with Crippen LogP contribution >= 0.6 is 11.3 Å². The Kier molecular flexibility index (Phi) is 6.17. The van der Waals surface area contributed by atoms with Crippen LogP contribution in [0.15, 0.2) is 55.1 Å². The topological polar surface area (TPSA) is 26.3 Å². The summed E-state index contributed by atoms with van der Waals surface area (Å²) in [6.45, 7) is 8.02. The average molecular weight is 328 g/mol. The molecule has 1 aromatic carbocycles. The van der Waals surface area contributed by atoms with Gasteiger partial charge in [-0.25, -0.2) is 0 Å². The van der Waals surface area contributed by atoms with Gasteiger partial charge in [0.1, 0.15) is 0 Å². The summed E-state index contributed by atoms with van der Waals surface area (Å²) >= 11 is 1.75. The van der Waals surface area contributed by atoms with Crippen molar-refractivity contribution in [3.05, 3.63) is 60.0 Å². The third-order valence-corrected chi connectivity index (χ3v) is 5.36. The highest BCUT2D eigenvalue weighted by Gasteiger charge is 2.33. The van der Waals surface area contributed by atoms with Gasteiger partial charge in [-0.1, -0.05) is 50.3 Å². The largest absolute Gasteiger partial charge is 0.469 e. The second-order valence-corrected chi connectivity index (χ2v) is 7.11. The van der Waals surface area contributed by atoms with E-state index in [2.05, 4.69) is 44.7 Å². The molecule has 0 radical (unpaired) electrons. The van der Waals surface area contributed by atoms with Crippen molar-refractivity contribution in [1.29, 1.82) is 0 Å². The van der Waals surface area contributed by atoms with E-state index in [0.29, 0.717) is 0 Å². The predicted octanol–water partition coefficient (Wildman–Crippen LogP) is 5.52. The molecule has 0 saturated carbocycles. The summed E-state index contributed by atoms with van der Waals surface area (Å²) in [6, 6.07) is 14.6. The molecule has 3 heteroatoms. The second-order valence-electron chi connectivity index (χ2n) is 5.99. The van der Waals surface area contributed by atoms with Crippen LogP contribution in [0.5, 0.6) is 0 Å². The van der Waals surface area contributed by atoms with E-state index >= 15 is 0 Å². The molecule has 2 aromatic rings. The molecule has 122 valence electrons. The molecule has 0 unspecified atom stereocenters. The molecule has 2 atom stereocenters. The van der Waals surface area contributed by atoms with Gasteiger partial charge in [-0.3, -0.25) is 4.79 Å². The molecular formula is C20H24O2S. The van der Waals surface area contributed by atoms with E-state index in [-0.39, 0.29) is 23.7 Å². The van der Waals surface area contributed by atoms with E-state index in [1.54, 1.807) is 11.3 Å². The summed E-state index contributed by atoms with van der Waals surface area (Å²) in [4.78, 5) is 14.7. The number of carbonyl (C=O) groups excluding carboxylic acids is 1. The van der Waals surface area contributed by atoms with Gasteiger partial charge < -0.3 is 4.74 Å². The first-order valence-electron chi connectivity index (χ1n) is 7.92. The fraction of sp³-hybridized carbons (Fsp3) is 0.350. The van der Waals surface area contributed by atoms with Crippen LogP contribution in [0.2, 0.25) is 0 Å². The molecule has 0 bridgehead atoms. The standard InChI is InChI=1S/C20H24O2S/c1-5-9-16(19(14(2)3)20(21)22-4)18-13-12-17(23-18)15-10-7-6-8-11-15/h5-8,10-14,16,19H,1,9H2,2-4H3/t16-,19+/m1/s1. The molecular weight excluding hydrogens is 304 g/mol. The van der Waals surface area contributed by atoms with Gasteiger partial charge in [-0.15, -0.1) is 17.9 Å². The number of hydrogen-bond donors (Lipinski definition) is 0. The van der Waals surface area contributed by atoms with E-state index in [0.717, 1.165) is 6.42 Å². The lowest BCUT2D eigenvalue weighted by Gasteiger charge is -2.26. The van der Waals surface area contributed by atoms with Crippen molar-refractivity contribution in [3.63, 3.8) is 0 Å². The maximum absolute atomic E-state index is 12.3. The fourth-order valence-electron chi connectivity index (χ4n) is 2.97. The number of benzene rings is 1. The Hall–Kier alpha value is -1.87. The lowest BCUT2D eigenvalue weighted by atomic mass is 9.80. The summed E-state index contributed by atoms with van der Waals surface area (Å²) in [5.74, 6) is 0.0406. The minimum Gasteiger partial charge on any atom is -0.469 e. The Balaban J connectivity index is 2.36. The van der Waals surface area contributed by atoms with E-state index < -0.39 is 0 Å². The van der Waals surface area contributed by atoms with Crippen LogP contribution in [0.25, 0.3) is 10.4 Å². The van der Waals surface area contributed by atoms with E-state index in [9.17, 15) is 4.79 Å². The number of rotatable bonds is 7. The molecule has 1 aromatic heterocycles. The van der Waals surface area contributed by atoms with Crippen molar-refractivity contribution >= 4 is 17.3 Å². The van der Waals surface area contributed by atoms with Crippen molar-refractivity contribution in [1.82, 2.24) is 0 Å². The van der Waals surface area contributed by atoms with Crippen LogP contribution in [0.1, 0.15) is 31.1 Å². The first-order chi connectivity index (χ1) is 11.1.